The second-order valence-electron chi connectivity index (χ2n) is 5.39. The Bertz CT molecular complexity index is 763. The van der Waals surface area contributed by atoms with E-state index in [0.717, 1.165) is 23.2 Å². The van der Waals surface area contributed by atoms with Crippen LogP contribution in [0.3, 0.4) is 0 Å². The van der Waals surface area contributed by atoms with Crippen LogP contribution in [0.1, 0.15) is 11.3 Å². The van der Waals surface area contributed by atoms with E-state index in [2.05, 4.69) is 10.3 Å². The Balaban J connectivity index is 0.00000176. The quantitative estimate of drug-likeness (QED) is 0.305. The van der Waals surface area contributed by atoms with Crippen molar-refractivity contribution in [1.82, 2.24) is 10.3 Å². The molecule has 27 heavy (non-hydrogen) atoms. The third-order valence-corrected chi connectivity index (χ3v) is 4.33. The smallest absolute Gasteiger partial charge is 0.286 e. The Hall–Kier alpha value is -2.88. The number of ketones is 1. The van der Waals surface area contributed by atoms with Gasteiger partial charge in [-0.15, -0.1) is 0 Å². The molecule has 8 nitrogen and oxygen atoms in total. The largest absolute Gasteiger partial charge is 0.396 e. The fraction of sp³-hybridized carbons (Fsp3) is 0.167. The molecule has 0 spiro atoms. The molecule has 8 N–H and O–H groups in total. The molecule has 1 aromatic heterocycles. The number of nitrogens with two attached hydrogens (primary N) is 3. The lowest BCUT2D eigenvalue weighted by Crippen LogP contribution is -2.45. The highest BCUT2D eigenvalue weighted by Gasteiger charge is 2.23. The van der Waals surface area contributed by atoms with Crippen LogP contribution in [0.5, 0.6) is 0 Å². The summed E-state index contributed by atoms with van der Waals surface area (Å²) in [6.07, 6.45) is 2.09. The molecule has 1 unspecified atom stereocenters. The second kappa shape index (κ2) is 11.7. The Morgan fingerprint density at radius 2 is 1.78 bits per heavy atom. The van der Waals surface area contributed by atoms with Gasteiger partial charge in [-0.1, -0.05) is 30.3 Å². The molecule has 9 heteroatoms. The highest BCUT2D eigenvalue weighted by molar-refractivity contribution is 8.01. The molecule has 0 aliphatic heterocycles. The Labute approximate surface area is 161 Å². The number of aromatic nitrogens is 1. The van der Waals surface area contributed by atoms with Gasteiger partial charge in [0.05, 0.1) is 17.4 Å². The first kappa shape index (κ1) is 22.2. The monoisotopic (exact) mass is 389 g/mol. The molecular formula is C18H23N5O3S. The standard InChI is InChI=1S/C17H21N5O2S.CH2O/c18-15(12-7-4-8-21-12)14(25-20)10-22-13(16(23)17(19)24)9-11-5-2-1-3-6-11;1-2/h1-8,13,21-22H,9-10,18,20H2,(H2,19,24);1H2/b15-14-;. The van der Waals surface area contributed by atoms with Gasteiger partial charge < -0.3 is 26.6 Å². The summed E-state index contributed by atoms with van der Waals surface area (Å²) in [5.41, 5.74) is 13.4. The number of H-pyrrole nitrogens is 1. The fourth-order valence-corrected chi connectivity index (χ4v) is 2.75. The van der Waals surface area contributed by atoms with Crippen LogP contribution in [0.4, 0.5) is 0 Å². The number of benzene rings is 1. The van der Waals surface area contributed by atoms with E-state index in [9.17, 15) is 9.59 Å². The van der Waals surface area contributed by atoms with Gasteiger partial charge in [-0.05, 0) is 36.1 Å². The Kier molecular flexibility index (Phi) is 9.59. The molecule has 1 amide bonds. The number of amides is 1. The molecule has 0 aliphatic carbocycles. The van der Waals surface area contributed by atoms with Gasteiger partial charge in [0.25, 0.3) is 5.91 Å². The lowest BCUT2D eigenvalue weighted by molar-refractivity contribution is -0.137. The predicted molar refractivity (Wildman–Crippen MR) is 107 cm³/mol. The van der Waals surface area contributed by atoms with Gasteiger partial charge in [0.2, 0.25) is 5.78 Å². The molecule has 2 aromatic rings. The minimum atomic E-state index is -0.975. The molecule has 1 heterocycles. The Morgan fingerprint density at radius 3 is 2.30 bits per heavy atom. The number of primary amides is 1. The van der Waals surface area contributed by atoms with Crippen molar-refractivity contribution in [2.45, 2.75) is 12.5 Å². The molecule has 144 valence electrons. The molecule has 0 fully saturated rings. The van der Waals surface area contributed by atoms with E-state index in [1.807, 2.05) is 49.3 Å². The molecule has 0 saturated carbocycles. The summed E-state index contributed by atoms with van der Waals surface area (Å²) in [4.78, 5) is 35.1. The van der Waals surface area contributed by atoms with Crippen LogP contribution in [-0.4, -0.2) is 36.1 Å². The van der Waals surface area contributed by atoms with E-state index in [0.29, 0.717) is 17.0 Å². The van der Waals surface area contributed by atoms with Crippen molar-refractivity contribution in [1.29, 1.82) is 0 Å². The lowest BCUT2D eigenvalue weighted by atomic mass is 10.0. The summed E-state index contributed by atoms with van der Waals surface area (Å²) in [7, 11) is 0. The highest BCUT2D eigenvalue weighted by Crippen LogP contribution is 2.18. The van der Waals surface area contributed by atoms with E-state index in [1.54, 1.807) is 6.20 Å². The zero-order valence-corrected chi connectivity index (χ0v) is 15.5. The molecule has 0 bridgehead atoms. The van der Waals surface area contributed by atoms with Crippen LogP contribution in [-0.2, 0) is 20.8 Å². The third-order valence-electron chi connectivity index (χ3n) is 3.68. The van der Waals surface area contributed by atoms with Crippen molar-refractivity contribution in [2.75, 3.05) is 6.54 Å². The van der Waals surface area contributed by atoms with Crippen molar-refractivity contribution >= 4 is 36.1 Å². The van der Waals surface area contributed by atoms with Gasteiger partial charge in [0.1, 0.15) is 6.79 Å². The Morgan fingerprint density at radius 1 is 1.11 bits per heavy atom. The fourth-order valence-electron chi connectivity index (χ4n) is 2.34. The first-order valence-electron chi connectivity index (χ1n) is 7.92. The molecule has 1 atom stereocenters. The van der Waals surface area contributed by atoms with Crippen molar-refractivity contribution in [2.24, 2.45) is 16.6 Å². The number of nitrogens with one attached hydrogen (secondary N) is 2. The summed E-state index contributed by atoms with van der Waals surface area (Å²) in [5.74, 6) is -1.65. The molecule has 2 rings (SSSR count). The average Bonchev–Trinajstić information content (AvgIpc) is 3.24. The van der Waals surface area contributed by atoms with Crippen LogP contribution in [0.2, 0.25) is 0 Å². The zero-order chi connectivity index (χ0) is 20.2. The van der Waals surface area contributed by atoms with Crippen molar-refractivity contribution in [3.05, 3.63) is 64.8 Å². The summed E-state index contributed by atoms with van der Waals surface area (Å²) in [6, 6.07) is 12.3. The molecule has 0 saturated heterocycles. The van der Waals surface area contributed by atoms with Gasteiger partial charge in [0, 0.05) is 17.6 Å². The maximum atomic E-state index is 12.1. The molecule has 0 aliphatic rings. The highest BCUT2D eigenvalue weighted by atomic mass is 32.2. The van der Waals surface area contributed by atoms with E-state index in [-0.39, 0.29) is 6.54 Å². The molecule has 1 aromatic carbocycles. The average molecular weight is 389 g/mol. The third kappa shape index (κ3) is 6.74. The van der Waals surface area contributed by atoms with Crippen LogP contribution in [0.25, 0.3) is 5.70 Å². The van der Waals surface area contributed by atoms with E-state index < -0.39 is 17.7 Å². The first-order valence-corrected chi connectivity index (χ1v) is 8.79. The summed E-state index contributed by atoms with van der Waals surface area (Å²) in [5, 5.41) is 8.74. The number of rotatable bonds is 9. The van der Waals surface area contributed by atoms with E-state index in [1.165, 1.54) is 0 Å². The van der Waals surface area contributed by atoms with Crippen LogP contribution in [0, 0.1) is 0 Å². The number of aromatic amines is 1. The second-order valence-corrected chi connectivity index (χ2v) is 6.12. The maximum Gasteiger partial charge on any atom is 0.286 e. The summed E-state index contributed by atoms with van der Waals surface area (Å²) in [6.45, 7) is 2.24. The van der Waals surface area contributed by atoms with Crippen molar-refractivity contribution in [3.8, 4) is 0 Å². The van der Waals surface area contributed by atoms with E-state index >= 15 is 0 Å². The van der Waals surface area contributed by atoms with Crippen LogP contribution >= 0.6 is 11.9 Å². The molecule has 0 radical (unpaired) electrons. The van der Waals surface area contributed by atoms with Gasteiger partial charge in [0.15, 0.2) is 0 Å². The van der Waals surface area contributed by atoms with Gasteiger partial charge in [-0.3, -0.25) is 14.7 Å². The first-order chi connectivity index (χ1) is 13.0. The summed E-state index contributed by atoms with van der Waals surface area (Å²) >= 11 is 0.989. The lowest BCUT2D eigenvalue weighted by Gasteiger charge is -2.18. The topological polar surface area (TPSA) is 157 Å². The van der Waals surface area contributed by atoms with Gasteiger partial charge in [-0.25, -0.2) is 0 Å². The maximum absolute atomic E-state index is 12.1. The minimum Gasteiger partial charge on any atom is -0.396 e. The number of hydrogen-bond donors (Lipinski definition) is 5. The number of carbonyl (C=O) groups is 3. The van der Waals surface area contributed by atoms with Crippen molar-refractivity contribution < 1.29 is 14.4 Å². The van der Waals surface area contributed by atoms with Crippen LogP contribution < -0.4 is 21.9 Å². The van der Waals surface area contributed by atoms with Crippen molar-refractivity contribution in [3.63, 3.8) is 0 Å². The normalized spacial score (nSPS) is 12.3. The van der Waals surface area contributed by atoms with Gasteiger partial charge >= 0.3 is 0 Å². The number of carbonyl (C=O) groups excluding carboxylic acids is 3. The van der Waals surface area contributed by atoms with Gasteiger partial charge in [-0.2, -0.15) is 0 Å². The zero-order valence-electron chi connectivity index (χ0n) is 14.7. The SMILES string of the molecule is C=O.NS/C(CNC(Cc1ccccc1)C(=O)C(N)=O)=C(\N)c1ccc[nH]1. The predicted octanol–water partition coefficient (Wildman–Crippen LogP) is 0.319. The molecular weight excluding hydrogens is 366 g/mol. The van der Waals surface area contributed by atoms with Crippen LogP contribution in [0.15, 0.2) is 53.6 Å². The number of hydrogen-bond acceptors (Lipinski definition) is 7. The summed E-state index contributed by atoms with van der Waals surface area (Å²) < 4.78 is 0. The number of Topliss-reactive ketones (excluding diaryl/α,β-unsaturated/α-hetero) is 1. The van der Waals surface area contributed by atoms with E-state index in [4.69, 9.17) is 21.4 Å². The minimum absolute atomic E-state index is 0.239.